The molecule has 0 fully saturated rings. The Morgan fingerprint density at radius 3 is 0.879 bits per heavy atom. The molecule has 0 aliphatic heterocycles. The maximum atomic E-state index is 13.1. The highest BCUT2D eigenvalue weighted by Crippen LogP contribution is 2.43. The summed E-state index contributed by atoms with van der Waals surface area (Å²) in [7, 11) is 1.56. The number of likely N-dealkylation sites (N-methyl/N-ethyl adjacent to an activating group) is 1. The van der Waals surface area contributed by atoms with Crippen molar-refractivity contribution >= 4 is 13.7 Å². The molecule has 0 radical (unpaired) electrons. The first-order chi connectivity index (χ1) is 44.5. The Labute approximate surface area is 569 Å². The van der Waals surface area contributed by atoms with Crippen LogP contribution in [0, 0.1) is 0 Å². The largest absolute Gasteiger partial charge is 0.472 e. The predicted molar refractivity (Wildman–Crippen MR) is 401 cm³/mol. The van der Waals surface area contributed by atoms with E-state index in [0.717, 1.165) is 44.9 Å². The summed E-state index contributed by atoms with van der Waals surface area (Å²) < 4.78 is 23.8. The zero-order chi connectivity index (χ0) is 66.2. The van der Waals surface area contributed by atoms with Crippen molar-refractivity contribution < 1.29 is 32.9 Å². The number of aliphatic hydroxyl groups is 1. The average molecular weight is 1300 g/mol. The van der Waals surface area contributed by atoms with E-state index < -0.39 is 20.0 Å². The summed E-state index contributed by atoms with van der Waals surface area (Å²) in [4.78, 5) is 23.5. The maximum Gasteiger partial charge on any atom is 0.472 e. The van der Waals surface area contributed by atoms with Gasteiger partial charge in [-0.2, -0.15) is 0 Å². The number of hydrogen-bond acceptors (Lipinski definition) is 5. The molecule has 3 N–H and O–H groups in total. The van der Waals surface area contributed by atoms with Crippen LogP contribution in [-0.2, 0) is 18.4 Å². The second kappa shape index (κ2) is 72.7. The minimum Gasteiger partial charge on any atom is -0.387 e. The number of nitrogens with zero attached hydrogens (tertiary/aromatic N) is 1. The molecule has 3 unspecified atom stereocenters. The number of carbonyl (C=O) groups is 1. The van der Waals surface area contributed by atoms with Crippen LogP contribution in [0.25, 0.3) is 0 Å². The highest BCUT2D eigenvalue weighted by molar-refractivity contribution is 7.47. The number of amides is 1. The van der Waals surface area contributed by atoms with Gasteiger partial charge in [0, 0.05) is 6.42 Å². The van der Waals surface area contributed by atoms with Crippen molar-refractivity contribution in [3.8, 4) is 0 Å². The molecule has 0 aromatic rings. The number of phosphoric acid groups is 1. The monoisotopic (exact) mass is 1300 g/mol. The van der Waals surface area contributed by atoms with Gasteiger partial charge in [-0.25, -0.2) is 4.57 Å². The minimum atomic E-state index is -4.37. The van der Waals surface area contributed by atoms with E-state index in [0.29, 0.717) is 17.4 Å². The fourth-order valence-electron chi connectivity index (χ4n) is 12.5. The van der Waals surface area contributed by atoms with Crippen LogP contribution in [-0.4, -0.2) is 73.4 Å². The van der Waals surface area contributed by atoms with Gasteiger partial charge in [-0.05, 0) is 70.6 Å². The molecule has 9 heteroatoms. The van der Waals surface area contributed by atoms with Crippen LogP contribution in [0.15, 0.2) is 48.6 Å². The molecule has 0 spiro atoms. The van der Waals surface area contributed by atoms with Crippen LogP contribution in [0.4, 0.5) is 0 Å². The summed E-state index contributed by atoms with van der Waals surface area (Å²) in [6.45, 7) is 4.85. The van der Waals surface area contributed by atoms with E-state index in [1.54, 1.807) is 6.08 Å². The highest BCUT2D eigenvalue weighted by atomic mass is 31.2. The highest BCUT2D eigenvalue weighted by Gasteiger charge is 2.28. The van der Waals surface area contributed by atoms with Gasteiger partial charge in [0.25, 0.3) is 0 Å². The molecule has 0 aromatic heterocycles. The SMILES string of the molecule is CCCCCCCCCC/C=C\CCCCCCCCCCCCCCCCCCCCCCCCCCCCCCCC(=O)NC(COP(=O)(O)OCC[N+](C)(C)C)C(O)/C=C/CC/C=C/CC/C=C/CCCCCCCCCCCCCCCCCCCC. The topological polar surface area (TPSA) is 105 Å². The fraction of sp³-hybridized carbons (Fsp3) is 0.890. The second-order valence-electron chi connectivity index (χ2n) is 29.1. The number of allylic oxidation sites excluding steroid dienone is 7. The van der Waals surface area contributed by atoms with Gasteiger partial charge in [0.2, 0.25) is 5.91 Å². The lowest BCUT2D eigenvalue weighted by Crippen LogP contribution is -2.45. The van der Waals surface area contributed by atoms with E-state index in [1.807, 2.05) is 27.2 Å². The lowest BCUT2D eigenvalue weighted by atomic mass is 10.0. The molecule has 0 saturated heterocycles. The molecular formula is C82H160N2O6P+. The normalized spacial score (nSPS) is 13.7. The van der Waals surface area contributed by atoms with E-state index in [9.17, 15) is 19.4 Å². The first kappa shape index (κ1) is 89.5. The van der Waals surface area contributed by atoms with Crippen molar-refractivity contribution in [3.05, 3.63) is 48.6 Å². The summed E-state index contributed by atoms with van der Waals surface area (Å²) in [6.07, 6.45) is 100. The van der Waals surface area contributed by atoms with E-state index >= 15 is 0 Å². The van der Waals surface area contributed by atoms with Crippen LogP contribution in [0.2, 0.25) is 0 Å². The van der Waals surface area contributed by atoms with Gasteiger partial charge in [-0.15, -0.1) is 0 Å². The number of unbranched alkanes of at least 4 members (excludes halogenated alkanes) is 57. The molecule has 0 aliphatic carbocycles. The van der Waals surface area contributed by atoms with Gasteiger partial charge in [0.05, 0.1) is 39.9 Å². The van der Waals surface area contributed by atoms with Crippen LogP contribution in [0.3, 0.4) is 0 Å². The first-order valence-electron chi connectivity index (χ1n) is 40.5. The van der Waals surface area contributed by atoms with Crippen LogP contribution in [0.5, 0.6) is 0 Å². The Balaban J connectivity index is 3.95. The third-order valence-corrected chi connectivity index (χ3v) is 19.7. The van der Waals surface area contributed by atoms with Crippen LogP contribution < -0.4 is 5.32 Å². The van der Waals surface area contributed by atoms with Gasteiger partial charge in [0.1, 0.15) is 13.2 Å². The predicted octanol–water partition coefficient (Wildman–Crippen LogP) is 26.5. The van der Waals surface area contributed by atoms with Gasteiger partial charge >= 0.3 is 7.82 Å². The molecule has 0 bridgehead atoms. The summed E-state index contributed by atoms with van der Waals surface area (Å²) in [5, 5.41) is 14.0. The van der Waals surface area contributed by atoms with Crippen LogP contribution in [0.1, 0.15) is 418 Å². The number of hydrogen-bond donors (Lipinski definition) is 3. The molecule has 538 valence electrons. The molecule has 3 atom stereocenters. The van der Waals surface area contributed by atoms with E-state index in [4.69, 9.17) is 9.05 Å². The van der Waals surface area contributed by atoms with Crippen molar-refractivity contribution in [2.24, 2.45) is 0 Å². The molecular weight excluding hydrogens is 1140 g/mol. The molecule has 0 aromatic carbocycles. The van der Waals surface area contributed by atoms with Gasteiger partial charge < -0.3 is 19.8 Å². The maximum absolute atomic E-state index is 13.1. The minimum absolute atomic E-state index is 0.0549. The summed E-state index contributed by atoms with van der Waals surface area (Å²) in [5.41, 5.74) is 0. The van der Waals surface area contributed by atoms with Crippen molar-refractivity contribution in [2.75, 3.05) is 40.9 Å². The second-order valence-corrected chi connectivity index (χ2v) is 30.6. The zero-order valence-corrected chi connectivity index (χ0v) is 62.8. The van der Waals surface area contributed by atoms with Gasteiger partial charge in [-0.3, -0.25) is 13.8 Å². The smallest absolute Gasteiger partial charge is 0.387 e. The van der Waals surface area contributed by atoms with E-state index in [1.165, 1.54) is 353 Å². The number of phosphoric ester groups is 1. The number of rotatable bonds is 76. The Morgan fingerprint density at radius 1 is 0.363 bits per heavy atom. The third kappa shape index (κ3) is 75.7. The Kier molecular flexibility index (Phi) is 71.5. The Morgan fingerprint density at radius 2 is 0.604 bits per heavy atom. The molecule has 91 heavy (non-hydrogen) atoms. The van der Waals surface area contributed by atoms with Crippen molar-refractivity contribution in [1.29, 1.82) is 0 Å². The van der Waals surface area contributed by atoms with Crippen molar-refractivity contribution in [2.45, 2.75) is 431 Å². The van der Waals surface area contributed by atoms with Gasteiger partial charge in [-0.1, -0.05) is 390 Å². The van der Waals surface area contributed by atoms with Crippen molar-refractivity contribution in [3.63, 3.8) is 0 Å². The summed E-state index contributed by atoms with van der Waals surface area (Å²) in [6, 6.07) is -0.871. The molecule has 0 rings (SSSR count). The lowest BCUT2D eigenvalue weighted by molar-refractivity contribution is -0.870. The van der Waals surface area contributed by atoms with Crippen molar-refractivity contribution in [1.82, 2.24) is 5.32 Å². The standard InChI is InChI=1S/C82H159N2O6P/c1-6-8-10-12-14-16-18-20-22-24-26-28-30-32-34-36-37-38-39-40-41-42-43-44-45-46-47-48-50-52-54-56-58-60-62-64-66-68-70-72-74-76-82(86)83-80(79-90-91(87,88)89-78-77-84(3,4)5)81(85)75-73-71-69-67-65-63-61-59-57-55-53-51-49-35-33-31-29-27-25-23-21-19-17-15-13-11-9-7-2/h24,26,57,59,65,67,73,75,80-81,85H,6-23,25,27-56,58,60-64,66,68-72,74,76-79H2,1-5H3,(H-,83,86,87,88)/p+1/b26-24-,59-57+,67-65+,75-73+. The third-order valence-electron chi connectivity index (χ3n) is 18.7. The number of nitrogens with one attached hydrogen (secondary N) is 1. The van der Waals surface area contributed by atoms with Crippen LogP contribution >= 0.6 is 7.82 Å². The lowest BCUT2D eigenvalue weighted by Gasteiger charge is -2.25. The number of carbonyl (C=O) groups excluding carboxylic acids is 1. The first-order valence-corrected chi connectivity index (χ1v) is 42.0. The molecule has 0 heterocycles. The Bertz CT molecular complexity index is 1630. The Hall–Kier alpha value is -1.54. The summed E-state index contributed by atoms with van der Waals surface area (Å²) >= 11 is 0. The average Bonchev–Trinajstić information content (AvgIpc) is 3.59. The summed E-state index contributed by atoms with van der Waals surface area (Å²) in [5.74, 6) is -0.182. The zero-order valence-electron chi connectivity index (χ0n) is 61.9. The quantitative estimate of drug-likeness (QED) is 0.0243. The fourth-order valence-corrected chi connectivity index (χ4v) is 13.2. The van der Waals surface area contributed by atoms with E-state index in [-0.39, 0.29) is 19.1 Å². The molecule has 0 saturated carbocycles. The van der Waals surface area contributed by atoms with Gasteiger partial charge in [0.15, 0.2) is 0 Å². The molecule has 8 nitrogen and oxygen atoms in total. The number of aliphatic hydroxyl groups excluding tert-OH is 1. The number of quaternary nitrogens is 1. The molecule has 0 aliphatic rings. The molecule has 1 amide bonds. The van der Waals surface area contributed by atoms with E-state index in [2.05, 4.69) is 55.6 Å².